The second-order valence-corrected chi connectivity index (χ2v) is 7.31. The standard InChI is InChI=1S/C19H18FIN2O4/c1-26-17(24)5-7-27-23-6-4-13-10-22-11-14(18(13)19(23)25)8-12-2-3-15(21)9-16(12)20/h2-3,9-11H,4-8H2,1H3. The van der Waals surface area contributed by atoms with E-state index in [1.807, 2.05) is 6.07 Å². The molecule has 1 aliphatic heterocycles. The van der Waals surface area contributed by atoms with E-state index in [1.165, 1.54) is 18.2 Å². The average molecular weight is 484 g/mol. The SMILES string of the molecule is COC(=O)CCON1CCc2cncc(Cc3ccc(I)cc3F)c2C1=O. The second kappa shape index (κ2) is 8.75. The van der Waals surface area contributed by atoms with Crippen LogP contribution < -0.4 is 0 Å². The maximum absolute atomic E-state index is 14.2. The molecular formula is C19H18FIN2O4. The van der Waals surface area contributed by atoms with Crippen molar-refractivity contribution in [2.75, 3.05) is 20.3 Å². The monoisotopic (exact) mass is 484 g/mol. The Hall–Kier alpha value is -2.07. The molecule has 3 rings (SSSR count). The molecule has 1 aromatic carbocycles. The van der Waals surface area contributed by atoms with Crippen molar-refractivity contribution < 1.29 is 23.6 Å². The molecule has 8 heteroatoms. The Labute approximate surface area is 169 Å². The van der Waals surface area contributed by atoms with Gasteiger partial charge in [0, 0.05) is 22.4 Å². The zero-order valence-corrected chi connectivity index (χ0v) is 16.9. The van der Waals surface area contributed by atoms with Crippen LogP contribution in [0.4, 0.5) is 4.39 Å². The first-order valence-corrected chi connectivity index (χ1v) is 9.48. The van der Waals surface area contributed by atoms with Crippen LogP contribution in [0.2, 0.25) is 0 Å². The summed E-state index contributed by atoms with van der Waals surface area (Å²) in [7, 11) is 1.30. The summed E-state index contributed by atoms with van der Waals surface area (Å²) in [5.74, 6) is -1.02. The highest BCUT2D eigenvalue weighted by Gasteiger charge is 2.28. The molecule has 0 saturated heterocycles. The van der Waals surface area contributed by atoms with E-state index < -0.39 is 5.97 Å². The van der Waals surface area contributed by atoms with Gasteiger partial charge in [-0.25, -0.2) is 9.45 Å². The molecule has 0 radical (unpaired) electrons. The van der Waals surface area contributed by atoms with Crippen molar-refractivity contribution in [2.45, 2.75) is 19.3 Å². The Balaban J connectivity index is 1.80. The third-order valence-electron chi connectivity index (χ3n) is 4.30. The number of carbonyl (C=O) groups is 2. The van der Waals surface area contributed by atoms with Crippen molar-refractivity contribution in [3.63, 3.8) is 0 Å². The van der Waals surface area contributed by atoms with Gasteiger partial charge >= 0.3 is 5.97 Å². The molecule has 0 aliphatic carbocycles. The average Bonchev–Trinajstić information content (AvgIpc) is 2.65. The van der Waals surface area contributed by atoms with Gasteiger partial charge in [-0.15, -0.1) is 0 Å². The third-order valence-corrected chi connectivity index (χ3v) is 4.98. The number of aromatic nitrogens is 1. The zero-order chi connectivity index (χ0) is 19.4. The topological polar surface area (TPSA) is 68.7 Å². The van der Waals surface area contributed by atoms with Gasteiger partial charge < -0.3 is 4.74 Å². The lowest BCUT2D eigenvalue weighted by Gasteiger charge is -2.28. The number of pyridine rings is 1. The summed E-state index contributed by atoms with van der Waals surface area (Å²) >= 11 is 2.05. The number of benzene rings is 1. The van der Waals surface area contributed by atoms with Gasteiger partial charge in [-0.1, -0.05) is 6.07 Å². The van der Waals surface area contributed by atoms with Crippen molar-refractivity contribution in [1.82, 2.24) is 10.0 Å². The van der Waals surface area contributed by atoms with Crippen LogP contribution in [-0.2, 0) is 27.2 Å². The lowest BCUT2D eigenvalue weighted by atomic mass is 9.94. The van der Waals surface area contributed by atoms with Crippen LogP contribution in [0.5, 0.6) is 0 Å². The molecule has 1 aromatic heterocycles. The van der Waals surface area contributed by atoms with Crippen LogP contribution in [0.25, 0.3) is 0 Å². The van der Waals surface area contributed by atoms with Crippen molar-refractivity contribution in [3.8, 4) is 0 Å². The largest absolute Gasteiger partial charge is 0.469 e. The first-order valence-electron chi connectivity index (χ1n) is 8.41. The van der Waals surface area contributed by atoms with Gasteiger partial charge in [0.25, 0.3) is 5.91 Å². The van der Waals surface area contributed by atoms with Crippen molar-refractivity contribution in [2.24, 2.45) is 0 Å². The predicted octanol–water partition coefficient (Wildman–Crippen LogP) is 2.91. The highest BCUT2D eigenvalue weighted by atomic mass is 127. The van der Waals surface area contributed by atoms with E-state index in [0.29, 0.717) is 29.7 Å². The molecule has 6 nitrogen and oxygen atoms in total. The minimum Gasteiger partial charge on any atom is -0.469 e. The van der Waals surface area contributed by atoms with Gasteiger partial charge in [0.15, 0.2) is 0 Å². The van der Waals surface area contributed by atoms with Crippen molar-refractivity contribution >= 4 is 34.5 Å². The number of methoxy groups -OCH3 is 1. The Kier molecular flexibility index (Phi) is 6.38. The van der Waals surface area contributed by atoms with Gasteiger partial charge in [0.05, 0.1) is 32.2 Å². The highest BCUT2D eigenvalue weighted by Crippen LogP contribution is 2.25. The van der Waals surface area contributed by atoms with Crippen LogP contribution in [0.3, 0.4) is 0 Å². The Bertz CT molecular complexity index is 875. The number of hydrogen-bond acceptors (Lipinski definition) is 5. The Morgan fingerprint density at radius 1 is 1.33 bits per heavy atom. The number of fused-ring (bicyclic) bond motifs is 1. The van der Waals surface area contributed by atoms with Crippen LogP contribution in [-0.4, -0.2) is 42.2 Å². The van der Waals surface area contributed by atoms with Crippen LogP contribution in [0.15, 0.2) is 30.6 Å². The molecule has 0 spiro atoms. The number of carbonyl (C=O) groups excluding carboxylic acids is 2. The molecule has 142 valence electrons. The smallest absolute Gasteiger partial charge is 0.307 e. The number of hydroxylamine groups is 2. The summed E-state index contributed by atoms with van der Waals surface area (Å²) in [6.07, 6.45) is 4.15. The van der Waals surface area contributed by atoms with Crippen LogP contribution >= 0.6 is 22.6 Å². The van der Waals surface area contributed by atoms with Crippen molar-refractivity contribution in [3.05, 3.63) is 62.2 Å². The fourth-order valence-corrected chi connectivity index (χ4v) is 3.39. The van der Waals surface area contributed by atoms with E-state index in [-0.39, 0.29) is 31.2 Å². The minimum atomic E-state index is -0.404. The lowest BCUT2D eigenvalue weighted by Crippen LogP contribution is -2.39. The Morgan fingerprint density at radius 2 is 2.15 bits per heavy atom. The fraction of sp³-hybridized carbons (Fsp3) is 0.316. The summed E-state index contributed by atoms with van der Waals surface area (Å²) in [6.45, 7) is 0.427. The van der Waals surface area contributed by atoms with Gasteiger partial charge in [0.1, 0.15) is 5.82 Å². The van der Waals surface area contributed by atoms with Crippen molar-refractivity contribution in [1.29, 1.82) is 0 Å². The number of nitrogens with zero attached hydrogens (tertiary/aromatic N) is 2. The molecule has 1 aliphatic rings. The second-order valence-electron chi connectivity index (χ2n) is 6.06. The van der Waals surface area contributed by atoms with E-state index in [0.717, 1.165) is 9.13 Å². The molecule has 2 aromatic rings. The zero-order valence-electron chi connectivity index (χ0n) is 14.7. The summed E-state index contributed by atoms with van der Waals surface area (Å²) < 4.78 is 19.6. The molecule has 0 atom stereocenters. The van der Waals surface area contributed by atoms with E-state index >= 15 is 0 Å². The Morgan fingerprint density at radius 3 is 2.89 bits per heavy atom. The number of hydrogen-bond donors (Lipinski definition) is 0. The number of rotatable bonds is 6. The third kappa shape index (κ3) is 4.62. The lowest BCUT2D eigenvalue weighted by molar-refractivity contribution is -0.152. The van der Waals surface area contributed by atoms with Gasteiger partial charge in [-0.3, -0.25) is 19.4 Å². The molecule has 0 bridgehead atoms. The van der Waals surface area contributed by atoms with E-state index in [1.54, 1.807) is 18.5 Å². The maximum Gasteiger partial charge on any atom is 0.307 e. The predicted molar refractivity (Wildman–Crippen MR) is 103 cm³/mol. The number of ether oxygens (including phenoxy) is 1. The molecule has 27 heavy (non-hydrogen) atoms. The van der Waals surface area contributed by atoms with E-state index in [4.69, 9.17) is 4.84 Å². The molecule has 2 heterocycles. The molecule has 0 saturated carbocycles. The first-order chi connectivity index (χ1) is 13.0. The van der Waals surface area contributed by atoms with Crippen LogP contribution in [0.1, 0.15) is 33.5 Å². The molecule has 0 N–H and O–H groups in total. The molecule has 0 fully saturated rings. The molecular weight excluding hydrogens is 466 g/mol. The summed E-state index contributed by atoms with van der Waals surface area (Å²) in [6, 6.07) is 5.00. The summed E-state index contributed by atoms with van der Waals surface area (Å²) in [5.41, 5.74) is 2.46. The minimum absolute atomic E-state index is 0.0555. The number of halogens is 2. The summed E-state index contributed by atoms with van der Waals surface area (Å²) in [4.78, 5) is 33.7. The molecule has 1 amide bonds. The first kappa shape index (κ1) is 19.7. The van der Waals surface area contributed by atoms with E-state index in [2.05, 4.69) is 32.3 Å². The quantitative estimate of drug-likeness (QED) is 0.466. The maximum atomic E-state index is 14.2. The summed E-state index contributed by atoms with van der Waals surface area (Å²) in [5, 5.41) is 1.25. The van der Waals surface area contributed by atoms with Gasteiger partial charge in [0.2, 0.25) is 0 Å². The number of esters is 1. The fourth-order valence-electron chi connectivity index (χ4n) is 2.93. The van der Waals surface area contributed by atoms with Gasteiger partial charge in [-0.05, 0) is 57.8 Å². The van der Waals surface area contributed by atoms with Crippen LogP contribution in [0, 0.1) is 9.39 Å². The van der Waals surface area contributed by atoms with E-state index in [9.17, 15) is 14.0 Å². The highest BCUT2D eigenvalue weighted by molar-refractivity contribution is 14.1. The van der Waals surface area contributed by atoms with Gasteiger partial charge in [-0.2, -0.15) is 0 Å². The number of amides is 1. The molecule has 0 unspecified atom stereocenters. The normalized spacial score (nSPS) is 13.4.